The van der Waals surface area contributed by atoms with E-state index in [1.165, 1.54) is 173 Å². The summed E-state index contributed by atoms with van der Waals surface area (Å²) >= 11 is 0. The van der Waals surface area contributed by atoms with E-state index in [0.717, 1.165) is 107 Å². The van der Waals surface area contributed by atoms with Crippen LogP contribution < -0.4 is 0 Å². The van der Waals surface area contributed by atoms with Crippen LogP contribution in [-0.2, 0) is 0 Å². The third-order valence-corrected chi connectivity index (χ3v) is 23.2. The number of hydrogen-bond acceptors (Lipinski definition) is 3. The molecule has 6 saturated carbocycles. The van der Waals surface area contributed by atoms with Crippen LogP contribution in [0.1, 0.15) is 173 Å². The van der Waals surface area contributed by atoms with Gasteiger partial charge in [0.15, 0.2) is 0 Å². The molecule has 344 valence electrons. The number of nitrogens with zero attached hydrogens (tertiary/aromatic N) is 3. The van der Waals surface area contributed by atoms with Crippen molar-refractivity contribution in [2.24, 2.45) is 70.5 Å². The molecule has 8 fully saturated rings. The van der Waals surface area contributed by atoms with E-state index in [9.17, 15) is 0 Å². The van der Waals surface area contributed by atoms with E-state index in [4.69, 9.17) is 0 Å². The van der Waals surface area contributed by atoms with Crippen molar-refractivity contribution in [2.45, 2.75) is 222 Å². The average Bonchev–Trinajstić information content (AvgIpc) is 4.07. The molecule has 18 atom stereocenters. The second-order valence-electron chi connectivity index (χ2n) is 25.1. The zero-order valence-corrected chi connectivity index (χ0v) is 39.8. The van der Waals surface area contributed by atoms with Crippen molar-refractivity contribution in [2.75, 3.05) is 0 Å². The van der Waals surface area contributed by atoms with Crippen LogP contribution in [0.5, 0.6) is 0 Å². The Hall–Kier alpha value is -2.10. The second-order valence-corrected chi connectivity index (χ2v) is 25.1. The van der Waals surface area contributed by atoms with Crippen molar-refractivity contribution in [1.29, 1.82) is 0 Å². The molecule has 14 aliphatic rings. The van der Waals surface area contributed by atoms with Crippen molar-refractivity contribution < 1.29 is 0 Å². The van der Waals surface area contributed by atoms with Gasteiger partial charge in [0.2, 0.25) is 0 Å². The fraction of sp³-hybridized carbons (Fsp3) is 0.770. The number of hydrogen-bond donors (Lipinski definition) is 0. The molecule has 14 rings (SSSR count). The predicted molar refractivity (Wildman–Crippen MR) is 263 cm³/mol. The number of fused-ring (bicyclic) bond motifs is 16. The van der Waals surface area contributed by atoms with E-state index in [0.29, 0.717) is 11.5 Å². The lowest BCUT2D eigenvalue weighted by Gasteiger charge is -2.56. The molecule has 3 heteroatoms. The van der Waals surface area contributed by atoms with Crippen LogP contribution in [0.25, 0.3) is 0 Å². The fourth-order valence-electron chi connectivity index (χ4n) is 21.7. The Morgan fingerprint density at radius 3 is 2.08 bits per heavy atom. The fourth-order valence-corrected chi connectivity index (χ4v) is 21.7. The lowest BCUT2D eigenvalue weighted by Crippen LogP contribution is -2.61. The largest absolute Gasteiger partial charge is 0.365 e. The van der Waals surface area contributed by atoms with Gasteiger partial charge in [-0.1, -0.05) is 98.1 Å². The maximum Gasteiger partial charge on any atom is 0.0505 e. The molecule has 64 heavy (non-hydrogen) atoms. The average molecular weight is 860 g/mol. The minimum Gasteiger partial charge on any atom is -0.365 e. The highest BCUT2D eigenvalue weighted by Crippen LogP contribution is 2.76. The maximum absolute atomic E-state index is 3.57. The molecule has 3 nitrogen and oxygen atoms in total. The van der Waals surface area contributed by atoms with Gasteiger partial charge in [0.05, 0.1) is 6.04 Å². The predicted octanol–water partition coefficient (Wildman–Crippen LogP) is 13.9. The standard InChI is InChI=1S/C61H85N3/c1-3-18-40(19-4-1)63-55-31-15-10-24-46(55)48-36-34-42(38-58(48)63)62(43-35-37-49-47-25-11-16-32-56(47)64(59(49)39-43)41-20-5-2-6-21-41)57-33-17-30-54-60(57)50-26-9-14-29-53(50)61(54)51-27-12-7-22-44(51)45-23-8-13-28-52(45)61/h1,3,7-8,11,15-16,18,22-23,29,31,41-52,54-60H,2,4-6,9-10,12-14,17,19-21,24-28,30,32-39H2. The van der Waals surface area contributed by atoms with E-state index in [2.05, 4.69) is 93.2 Å². The Morgan fingerprint density at radius 2 is 1.28 bits per heavy atom. The monoisotopic (exact) mass is 860 g/mol. The summed E-state index contributed by atoms with van der Waals surface area (Å²) < 4.78 is 0. The van der Waals surface area contributed by atoms with Crippen LogP contribution in [0.2, 0.25) is 0 Å². The summed E-state index contributed by atoms with van der Waals surface area (Å²) in [5.41, 5.74) is 4.25. The van der Waals surface area contributed by atoms with Crippen molar-refractivity contribution in [3.05, 3.63) is 84.2 Å². The molecule has 0 N–H and O–H groups in total. The third-order valence-electron chi connectivity index (χ3n) is 23.2. The first kappa shape index (κ1) is 40.9. The molecule has 0 aromatic carbocycles. The van der Waals surface area contributed by atoms with Gasteiger partial charge in [0.1, 0.15) is 0 Å². The molecule has 0 amide bonds. The molecule has 2 saturated heterocycles. The van der Waals surface area contributed by atoms with Crippen LogP contribution in [0.4, 0.5) is 0 Å². The summed E-state index contributed by atoms with van der Waals surface area (Å²) in [6, 6.07) is 6.18. The SMILES string of the molecule is C1=CCCC(N2C3C=CCCC3C3CCC(N(C4CCC5C6CC=CCC6N(C6CCCCC6)C5C4)C4CCCC5C4C4CCCC=C4C54C5CCC=CC5C5C=CCCC54)CC32)=C1. The molecule has 2 aliphatic heterocycles. The third kappa shape index (κ3) is 6.08. The van der Waals surface area contributed by atoms with E-state index < -0.39 is 0 Å². The summed E-state index contributed by atoms with van der Waals surface area (Å²) in [5, 5.41) is 0. The first-order valence-corrected chi connectivity index (χ1v) is 28.8. The summed E-state index contributed by atoms with van der Waals surface area (Å²) in [7, 11) is 0. The van der Waals surface area contributed by atoms with Crippen LogP contribution >= 0.6 is 0 Å². The number of likely N-dealkylation sites (tertiary alicyclic amines) is 2. The zero-order valence-electron chi connectivity index (χ0n) is 39.8. The van der Waals surface area contributed by atoms with Gasteiger partial charge in [-0.05, 0) is 219 Å². The smallest absolute Gasteiger partial charge is 0.0505 e. The molecule has 0 aromatic heterocycles. The van der Waals surface area contributed by atoms with E-state index in [1.807, 2.05) is 0 Å². The van der Waals surface area contributed by atoms with Crippen LogP contribution in [-0.4, -0.2) is 63.0 Å². The zero-order chi connectivity index (χ0) is 41.9. The van der Waals surface area contributed by atoms with E-state index in [-0.39, 0.29) is 0 Å². The van der Waals surface area contributed by atoms with Gasteiger partial charge in [0.25, 0.3) is 0 Å². The Bertz CT molecular complexity index is 1950. The molecule has 18 unspecified atom stereocenters. The first-order chi connectivity index (χ1) is 31.8. The Morgan fingerprint density at radius 1 is 0.531 bits per heavy atom. The van der Waals surface area contributed by atoms with Crippen LogP contribution in [0, 0.1) is 70.5 Å². The Kier molecular flexibility index (Phi) is 10.6. The van der Waals surface area contributed by atoms with E-state index in [1.54, 1.807) is 5.70 Å². The van der Waals surface area contributed by atoms with Gasteiger partial charge in [0, 0.05) is 53.4 Å². The van der Waals surface area contributed by atoms with Crippen molar-refractivity contribution >= 4 is 0 Å². The number of rotatable bonds is 5. The number of allylic oxidation sites excluding steroid dienone is 12. The summed E-state index contributed by atoms with van der Waals surface area (Å²) in [4.78, 5) is 10.0. The highest BCUT2D eigenvalue weighted by molar-refractivity contribution is 5.39. The van der Waals surface area contributed by atoms with Gasteiger partial charge < -0.3 is 4.90 Å². The highest BCUT2D eigenvalue weighted by atomic mass is 15.3. The molecule has 0 aromatic rings. The molecule has 0 radical (unpaired) electrons. The molecular formula is C61H85N3. The summed E-state index contributed by atoms with van der Waals surface area (Å²) in [6.07, 6.45) is 70.4. The van der Waals surface area contributed by atoms with E-state index >= 15 is 0 Å². The summed E-state index contributed by atoms with van der Waals surface area (Å²) in [5.74, 6) is 9.61. The minimum absolute atomic E-state index is 0.470. The lowest BCUT2D eigenvalue weighted by molar-refractivity contribution is -0.0681. The topological polar surface area (TPSA) is 9.72 Å². The normalized spacial score (nSPS) is 50.3. The lowest BCUT2D eigenvalue weighted by atomic mass is 9.55. The van der Waals surface area contributed by atoms with Gasteiger partial charge >= 0.3 is 0 Å². The van der Waals surface area contributed by atoms with Gasteiger partial charge in [-0.3, -0.25) is 9.80 Å². The molecule has 0 bridgehead atoms. The summed E-state index contributed by atoms with van der Waals surface area (Å²) in [6.45, 7) is 0. The quantitative estimate of drug-likeness (QED) is 0.255. The molecule has 2 heterocycles. The van der Waals surface area contributed by atoms with Gasteiger partial charge in [-0.2, -0.15) is 0 Å². The first-order valence-electron chi connectivity index (χ1n) is 28.8. The Labute approximate surface area is 389 Å². The minimum atomic E-state index is 0.470. The van der Waals surface area contributed by atoms with Crippen molar-refractivity contribution in [3.63, 3.8) is 0 Å². The highest BCUT2D eigenvalue weighted by Gasteiger charge is 2.71. The second kappa shape index (κ2) is 16.6. The molecule has 1 spiro atoms. The maximum atomic E-state index is 3.57. The molecule has 12 aliphatic carbocycles. The Balaban J connectivity index is 0.868. The van der Waals surface area contributed by atoms with Crippen LogP contribution in [0.3, 0.4) is 0 Å². The van der Waals surface area contributed by atoms with Crippen LogP contribution in [0.15, 0.2) is 84.2 Å². The molecular weight excluding hydrogens is 775 g/mol. The van der Waals surface area contributed by atoms with Gasteiger partial charge in [-0.15, -0.1) is 0 Å². The van der Waals surface area contributed by atoms with Gasteiger partial charge in [-0.25, -0.2) is 0 Å². The van der Waals surface area contributed by atoms with Crippen molar-refractivity contribution in [1.82, 2.24) is 14.7 Å². The van der Waals surface area contributed by atoms with Crippen molar-refractivity contribution in [3.8, 4) is 0 Å².